The predicted octanol–water partition coefficient (Wildman–Crippen LogP) is 3.54. The van der Waals surface area contributed by atoms with E-state index in [0.29, 0.717) is 24.4 Å². The zero-order valence-electron chi connectivity index (χ0n) is 13.7. The predicted molar refractivity (Wildman–Crippen MR) is 93.1 cm³/mol. The zero-order chi connectivity index (χ0) is 17.6. The lowest BCUT2D eigenvalue weighted by molar-refractivity contribution is 0.385. The molecule has 7 heteroatoms. The Morgan fingerprint density at radius 2 is 2.04 bits per heavy atom. The van der Waals surface area contributed by atoms with Gasteiger partial charge in [-0.05, 0) is 49.6 Å². The maximum atomic E-state index is 13.9. The summed E-state index contributed by atoms with van der Waals surface area (Å²) in [6, 6.07) is 11.3. The van der Waals surface area contributed by atoms with Gasteiger partial charge in [0.2, 0.25) is 10.0 Å². The third-order valence-electron chi connectivity index (χ3n) is 4.68. The fourth-order valence-electron chi connectivity index (χ4n) is 3.30. The molecule has 2 aromatic carbocycles. The van der Waals surface area contributed by atoms with Gasteiger partial charge in [0.25, 0.3) is 0 Å². The van der Waals surface area contributed by atoms with Crippen molar-refractivity contribution in [3.8, 4) is 0 Å². The molecule has 1 fully saturated rings. The van der Waals surface area contributed by atoms with Crippen molar-refractivity contribution in [1.82, 2.24) is 14.3 Å². The van der Waals surface area contributed by atoms with Crippen LogP contribution in [0.15, 0.2) is 47.4 Å². The van der Waals surface area contributed by atoms with Crippen molar-refractivity contribution in [2.75, 3.05) is 6.54 Å². The Balaban J connectivity index is 1.74. The Morgan fingerprint density at radius 3 is 2.80 bits per heavy atom. The maximum absolute atomic E-state index is 13.9. The summed E-state index contributed by atoms with van der Waals surface area (Å²) in [7, 11) is -3.78. The van der Waals surface area contributed by atoms with E-state index in [1.165, 1.54) is 16.4 Å². The summed E-state index contributed by atoms with van der Waals surface area (Å²) >= 11 is 0. The van der Waals surface area contributed by atoms with E-state index >= 15 is 0 Å². The number of aromatic nitrogens is 2. The van der Waals surface area contributed by atoms with Gasteiger partial charge in [-0.1, -0.05) is 18.2 Å². The standard InChI is InChI=1S/C18H18FN3O2S/c1-12-8-9-13(11-14(12)19)25(23,24)22-10-4-7-17(22)18-20-15-5-2-3-6-16(15)21-18/h2-3,5-6,8-9,11,17H,4,7,10H2,1H3,(H,20,21)/t17-/m1/s1. The van der Waals surface area contributed by atoms with Crippen LogP contribution in [0.4, 0.5) is 4.39 Å². The number of H-pyrrole nitrogens is 1. The monoisotopic (exact) mass is 359 g/mol. The van der Waals surface area contributed by atoms with E-state index in [1.54, 1.807) is 6.92 Å². The van der Waals surface area contributed by atoms with E-state index in [-0.39, 0.29) is 10.9 Å². The van der Waals surface area contributed by atoms with E-state index in [1.807, 2.05) is 24.3 Å². The number of nitrogens with zero attached hydrogens (tertiary/aromatic N) is 2. The molecule has 2 heterocycles. The number of benzene rings is 2. The van der Waals surface area contributed by atoms with Crippen molar-refractivity contribution in [2.45, 2.75) is 30.7 Å². The minimum Gasteiger partial charge on any atom is -0.341 e. The SMILES string of the molecule is Cc1ccc(S(=O)(=O)N2CCC[C@@H]2c2nc3ccccc3[nH]2)cc1F. The Bertz CT molecular complexity index is 1010. The normalized spacial score (nSPS) is 18.9. The first-order valence-corrected chi connectivity index (χ1v) is 9.63. The first kappa shape index (κ1) is 16.2. The molecule has 1 aliphatic rings. The molecule has 3 aromatic rings. The molecule has 1 aromatic heterocycles. The number of imidazole rings is 1. The molecule has 0 bridgehead atoms. The molecule has 4 rings (SSSR count). The maximum Gasteiger partial charge on any atom is 0.243 e. The van der Waals surface area contributed by atoms with Crippen LogP contribution in [0.5, 0.6) is 0 Å². The summed E-state index contributed by atoms with van der Waals surface area (Å²) in [6.07, 6.45) is 1.43. The average molecular weight is 359 g/mol. The van der Waals surface area contributed by atoms with Crippen molar-refractivity contribution >= 4 is 21.1 Å². The van der Waals surface area contributed by atoms with E-state index in [2.05, 4.69) is 9.97 Å². The van der Waals surface area contributed by atoms with Crippen molar-refractivity contribution in [3.63, 3.8) is 0 Å². The third-order valence-corrected chi connectivity index (χ3v) is 6.58. The van der Waals surface area contributed by atoms with Crippen LogP contribution < -0.4 is 0 Å². The van der Waals surface area contributed by atoms with Crippen LogP contribution in [0.2, 0.25) is 0 Å². The van der Waals surface area contributed by atoms with Gasteiger partial charge in [-0.3, -0.25) is 0 Å². The van der Waals surface area contributed by atoms with Crippen LogP contribution in [0.25, 0.3) is 11.0 Å². The number of nitrogens with one attached hydrogen (secondary N) is 1. The number of fused-ring (bicyclic) bond motifs is 1. The number of hydrogen-bond acceptors (Lipinski definition) is 3. The van der Waals surface area contributed by atoms with E-state index in [0.717, 1.165) is 23.5 Å². The van der Waals surface area contributed by atoms with Gasteiger partial charge in [0.1, 0.15) is 11.6 Å². The fraction of sp³-hybridized carbons (Fsp3) is 0.278. The summed E-state index contributed by atoms with van der Waals surface area (Å²) in [6.45, 7) is 2.01. The van der Waals surface area contributed by atoms with Crippen LogP contribution in [-0.4, -0.2) is 29.2 Å². The molecule has 1 aliphatic heterocycles. The minimum atomic E-state index is -3.78. The highest BCUT2D eigenvalue weighted by Gasteiger charge is 2.38. The molecule has 1 saturated heterocycles. The number of halogens is 1. The van der Waals surface area contributed by atoms with Crippen LogP contribution in [0, 0.1) is 12.7 Å². The topological polar surface area (TPSA) is 66.1 Å². The van der Waals surface area contributed by atoms with Gasteiger partial charge in [0.05, 0.1) is 22.0 Å². The molecule has 5 nitrogen and oxygen atoms in total. The third kappa shape index (κ3) is 2.73. The summed E-state index contributed by atoms with van der Waals surface area (Å²) < 4.78 is 41.3. The largest absolute Gasteiger partial charge is 0.341 e. The first-order chi connectivity index (χ1) is 12.0. The molecule has 0 unspecified atom stereocenters. The lowest BCUT2D eigenvalue weighted by Crippen LogP contribution is -2.31. The smallest absolute Gasteiger partial charge is 0.243 e. The van der Waals surface area contributed by atoms with Gasteiger partial charge in [-0.15, -0.1) is 0 Å². The first-order valence-electron chi connectivity index (χ1n) is 8.19. The molecule has 1 N–H and O–H groups in total. The molecule has 0 aliphatic carbocycles. The van der Waals surface area contributed by atoms with Crippen LogP contribution >= 0.6 is 0 Å². The molecular formula is C18H18FN3O2S. The Labute approximate surface area is 145 Å². The molecule has 0 radical (unpaired) electrons. The second kappa shape index (κ2) is 5.93. The van der Waals surface area contributed by atoms with Crippen molar-refractivity contribution in [2.24, 2.45) is 0 Å². The molecular weight excluding hydrogens is 341 g/mol. The second-order valence-corrected chi connectivity index (χ2v) is 8.21. The Hall–Kier alpha value is -2.25. The number of sulfonamides is 1. The van der Waals surface area contributed by atoms with Gasteiger partial charge in [0.15, 0.2) is 0 Å². The van der Waals surface area contributed by atoms with Crippen LogP contribution in [0.3, 0.4) is 0 Å². The number of rotatable bonds is 3. The van der Waals surface area contributed by atoms with Crippen LogP contribution in [0.1, 0.15) is 30.3 Å². The lowest BCUT2D eigenvalue weighted by Gasteiger charge is -2.22. The van der Waals surface area contributed by atoms with Gasteiger partial charge in [0, 0.05) is 6.54 Å². The second-order valence-electron chi connectivity index (χ2n) is 6.32. The van der Waals surface area contributed by atoms with E-state index < -0.39 is 15.8 Å². The number of hydrogen-bond donors (Lipinski definition) is 1. The van der Waals surface area contributed by atoms with E-state index in [4.69, 9.17) is 0 Å². The quantitative estimate of drug-likeness (QED) is 0.778. The van der Waals surface area contributed by atoms with Crippen molar-refractivity contribution < 1.29 is 12.8 Å². The summed E-state index contributed by atoms with van der Waals surface area (Å²) in [5, 5.41) is 0. The highest BCUT2D eigenvalue weighted by Crippen LogP contribution is 2.36. The van der Waals surface area contributed by atoms with Gasteiger partial charge < -0.3 is 4.98 Å². The highest BCUT2D eigenvalue weighted by molar-refractivity contribution is 7.89. The molecule has 25 heavy (non-hydrogen) atoms. The Kier molecular flexibility index (Phi) is 3.85. The van der Waals surface area contributed by atoms with Crippen molar-refractivity contribution in [1.29, 1.82) is 0 Å². The van der Waals surface area contributed by atoms with Gasteiger partial charge >= 0.3 is 0 Å². The summed E-state index contributed by atoms with van der Waals surface area (Å²) in [5.74, 6) is 0.121. The molecule has 130 valence electrons. The van der Waals surface area contributed by atoms with Crippen molar-refractivity contribution in [3.05, 3.63) is 59.7 Å². The zero-order valence-corrected chi connectivity index (χ0v) is 14.6. The fourth-order valence-corrected chi connectivity index (χ4v) is 4.97. The number of aryl methyl sites for hydroxylation is 1. The summed E-state index contributed by atoms with van der Waals surface area (Å²) in [5.41, 5.74) is 2.11. The number of para-hydroxylation sites is 2. The number of aromatic amines is 1. The lowest BCUT2D eigenvalue weighted by atomic mass is 10.2. The van der Waals surface area contributed by atoms with E-state index in [9.17, 15) is 12.8 Å². The summed E-state index contributed by atoms with van der Waals surface area (Å²) in [4.78, 5) is 7.75. The molecule has 0 saturated carbocycles. The molecule has 0 spiro atoms. The molecule has 0 amide bonds. The van der Waals surface area contributed by atoms with Crippen LogP contribution in [-0.2, 0) is 10.0 Å². The molecule has 1 atom stereocenters. The van der Waals surface area contributed by atoms with Gasteiger partial charge in [-0.25, -0.2) is 17.8 Å². The highest BCUT2D eigenvalue weighted by atomic mass is 32.2. The minimum absolute atomic E-state index is 0.0152. The average Bonchev–Trinajstić information content (AvgIpc) is 3.23. The van der Waals surface area contributed by atoms with Gasteiger partial charge in [-0.2, -0.15) is 4.31 Å². The Morgan fingerprint density at radius 1 is 1.24 bits per heavy atom.